The van der Waals surface area contributed by atoms with Crippen LogP contribution in [-0.4, -0.2) is 42.5 Å². The van der Waals surface area contributed by atoms with Crippen LogP contribution in [0.3, 0.4) is 0 Å². The van der Waals surface area contributed by atoms with Crippen LogP contribution in [-0.2, 0) is 17.0 Å². The number of hydrogen-bond acceptors (Lipinski definition) is 6. The fraction of sp³-hybridized carbons (Fsp3) is 0.636. The zero-order valence-corrected chi connectivity index (χ0v) is 11.9. The summed E-state index contributed by atoms with van der Waals surface area (Å²) in [4.78, 5) is 3.93. The molecule has 2 aromatic rings. The highest BCUT2D eigenvalue weighted by atomic mass is 32.2. The summed E-state index contributed by atoms with van der Waals surface area (Å²) < 4.78 is 33.5. The number of tetrazole rings is 1. The molecule has 7 nitrogen and oxygen atoms in total. The van der Waals surface area contributed by atoms with Crippen molar-refractivity contribution in [2.75, 3.05) is 6.61 Å². The Morgan fingerprint density at radius 3 is 3.14 bits per heavy atom. The van der Waals surface area contributed by atoms with Crippen LogP contribution in [0.25, 0.3) is 0 Å². The maximum Gasteiger partial charge on any atom is 0.319 e. The van der Waals surface area contributed by atoms with Gasteiger partial charge >= 0.3 is 6.55 Å². The molecule has 0 N–H and O–H groups in total. The van der Waals surface area contributed by atoms with Gasteiger partial charge in [-0.2, -0.15) is 8.78 Å². The van der Waals surface area contributed by atoms with Crippen molar-refractivity contribution < 1.29 is 13.5 Å². The fourth-order valence-corrected chi connectivity index (χ4v) is 2.99. The first-order valence-electron chi connectivity index (χ1n) is 6.54. The van der Waals surface area contributed by atoms with E-state index in [9.17, 15) is 8.78 Å². The van der Waals surface area contributed by atoms with Crippen LogP contribution in [0.15, 0.2) is 17.6 Å². The highest BCUT2D eigenvalue weighted by molar-refractivity contribution is 7.98. The number of halogens is 2. The van der Waals surface area contributed by atoms with Gasteiger partial charge in [0.15, 0.2) is 0 Å². The normalized spacial score (nSPS) is 18.7. The number of hydrogen-bond donors (Lipinski definition) is 0. The SMILES string of the molecule is FC(F)n1ccnc1CSc1nnnn1CC1CCCO1. The third-order valence-corrected chi connectivity index (χ3v) is 4.14. The first-order valence-corrected chi connectivity index (χ1v) is 7.53. The smallest absolute Gasteiger partial charge is 0.319 e. The van der Waals surface area contributed by atoms with Gasteiger partial charge in [0.1, 0.15) is 5.82 Å². The summed E-state index contributed by atoms with van der Waals surface area (Å²) in [5.41, 5.74) is 0. The monoisotopic (exact) mass is 316 g/mol. The number of thioether (sulfide) groups is 1. The topological polar surface area (TPSA) is 70.7 Å². The van der Waals surface area contributed by atoms with Crippen molar-refractivity contribution in [1.82, 2.24) is 29.8 Å². The molecule has 1 aliphatic heterocycles. The lowest BCUT2D eigenvalue weighted by Gasteiger charge is -2.10. The molecule has 0 aliphatic carbocycles. The van der Waals surface area contributed by atoms with Crippen LogP contribution >= 0.6 is 11.8 Å². The van der Waals surface area contributed by atoms with Crippen LogP contribution in [0.5, 0.6) is 0 Å². The summed E-state index contributed by atoms with van der Waals surface area (Å²) in [6.45, 7) is -1.24. The van der Waals surface area contributed by atoms with Crippen molar-refractivity contribution in [3.8, 4) is 0 Å². The zero-order chi connectivity index (χ0) is 14.7. The summed E-state index contributed by atoms with van der Waals surface area (Å²) in [5, 5.41) is 12.0. The van der Waals surface area contributed by atoms with Gasteiger partial charge in [0.05, 0.1) is 18.4 Å². The molecule has 1 unspecified atom stereocenters. The van der Waals surface area contributed by atoms with E-state index in [0.717, 1.165) is 24.0 Å². The Hall–Kier alpha value is -1.55. The summed E-state index contributed by atoms with van der Waals surface area (Å²) in [6.07, 6.45) is 4.77. The van der Waals surface area contributed by atoms with Crippen molar-refractivity contribution in [3.63, 3.8) is 0 Å². The molecule has 0 amide bonds. The van der Waals surface area contributed by atoms with E-state index in [1.165, 1.54) is 24.2 Å². The molecule has 1 saturated heterocycles. The van der Waals surface area contributed by atoms with E-state index in [-0.39, 0.29) is 11.9 Å². The lowest BCUT2D eigenvalue weighted by atomic mass is 10.2. The molecule has 0 radical (unpaired) electrons. The Bertz CT molecular complexity index is 583. The third-order valence-electron chi connectivity index (χ3n) is 3.19. The second kappa shape index (κ2) is 6.48. The van der Waals surface area contributed by atoms with Crippen LogP contribution < -0.4 is 0 Å². The minimum Gasteiger partial charge on any atom is -0.376 e. The van der Waals surface area contributed by atoms with Gasteiger partial charge in [0, 0.05) is 19.0 Å². The molecule has 1 fully saturated rings. The van der Waals surface area contributed by atoms with Gasteiger partial charge in [0.2, 0.25) is 5.16 Å². The van der Waals surface area contributed by atoms with Crippen LogP contribution in [0.1, 0.15) is 25.2 Å². The molecule has 0 spiro atoms. The van der Waals surface area contributed by atoms with Crippen LogP contribution in [0.4, 0.5) is 8.78 Å². The highest BCUT2D eigenvalue weighted by Crippen LogP contribution is 2.23. The van der Waals surface area contributed by atoms with Crippen molar-refractivity contribution in [1.29, 1.82) is 0 Å². The van der Waals surface area contributed by atoms with Crippen LogP contribution in [0.2, 0.25) is 0 Å². The predicted octanol–water partition coefficient (Wildman–Crippen LogP) is 1.74. The first kappa shape index (κ1) is 14.4. The Kier molecular flexibility index (Phi) is 4.44. The zero-order valence-electron chi connectivity index (χ0n) is 11.1. The molecule has 114 valence electrons. The number of aromatic nitrogens is 6. The fourth-order valence-electron chi connectivity index (χ4n) is 2.16. The Labute approximate surface area is 123 Å². The quantitative estimate of drug-likeness (QED) is 0.756. The molecule has 2 aromatic heterocycles. The van der Waals surface area contributed by atoms with E-state index >= 15 is 0 Å². The van der Waals surface area contributed by atoms with Crippen LogP contribution in [0, 0.1) is 0 Å². The molecule has 3 heterocycles. The van der Waals surface area contributed by atoms with Crippen molar-refractivity contribution in [2.24, 2.45) is 0 Å². The van der Waals surface area contributed by atoms with Gasteiger partial charge in [-0.05, 0) is 23.3 Å². The van der Waals surface area contributed by atoms with Crippen molar-refractivity contribution in [2.45, 2.75) is 42.9 Å². The molecule has 1 aliphatic rings. The minimum atomic E-state index is -2.59. The first-order chi connectivity index (χ1) is 10.2. The second-order valence-electron chi connectivity index (χ2n) is 4.60. The van der Waals surface area contributed by atoms with Crippen molar-refractivity contribution in [3.05, 3.63) is 18.2 Å². The van der Waals surface area contributed by atoms with Gasteiger partial charge in [0.25, 0.3) is 0 Å². The number of rotatable bonds is 6. The second-order valence-corrected chi connectivity index (χ2v) is 5.54. The lowest BCUT2D eigenvalue weighted by molar-refractivity contribution is 0.0678. The molecular formula is C11H14F2N6OS. The Morgan fingerprint density at radius 1 is 1.48 bits per heavy atom. The molecular weight excluding hydrogens is 302 g/mol. The summed E-state index contributed by atoms with van der Waals surface area (Å²) in [5.74, 6) is 0.574. The molecule has 3 rings (SSSR count). The standard InChI is InChI=1S/C11H14F2N6OS/c12-10(13)18-4-3-14-9(18)7-21-11-15-16-17-19(11)6-8-2-1-5-20-8/h3-4,8,10H,1-2,5-7H2. The largest absolute Gasteiger partial charge is 0.376 e. The average molecular weight is 316 g/mol. The lowest BCUT2D eigenvalue weighted by Crippen LogP contribution is -2.17. The van der Waals surface area contributed by atoms with Gasteiger partial charge < -0.3 is 4.74 Å². The van der Waals surface area contributed by atoms with Gasteiger partial charge in [-0.3, -0.25) is 4.57 Å². The maximum absolute atomic E-state index is 12.7. The minimum absolute atomic E-state index is 0.121. The van der Waals surface area contributed by atoms with E-state index in [4.69, 9.17) is 4.74 Å². The molecule has 10 heteroatoms. The number of ether oxygens (including phenoxy) is 1. The average Bonchev–Trinajstić information content (AvgIpc) is 3.18. The molecule has 1 atom stereocenters. The number of alkyl halides is 2. The van der Waals surface area contributed by atoms with Crippen molar-refractivity contribution >= 4 is 11.8 Å². The molecule has 21 heavy (non-hydrogen) atoms. The summed E-state index contributed by atoms with van der Waals surface area (Å²) in [7, 11) is 0. The Morgan fingerprint density at radius 2 is 2.38 bits per heavy atom. The Balaban J connectivity index is 1.62. The molecule has 0 saturated carbocycles. The van der Waals surface area contributed by atoms with E-state index in [2.05, 4.69) is 20.5 Å². The van der Waals surface area contributed by atoms with E-state index in [0.29, 0.717) is 17.5 Å². The summed E-state index contributed by atoms with van der Waals surface area (Å²) in [6, 6.07) is 0. The van der Waals surface area contributed by atoms with E-state index < -0.39 is 6.55 Å². The van der Waals surface area contributed by atoms with Gasteiger partial charge in [-0.1, -0.05) is 11.8 Å². The van der Waals surface area contributed by atoms with E-state index in [1.807, 2.05) is 0 Å². The molecule has 0 aromatic carbocycles. The number of imidazole rings is 1. The van der Waals surface area contributed by atoms with Gasteiger partial charge in [-0.15, -0.1) is 5.10 Å². The predicted molar refractivity (Wildman–Crippen MR) is 69.8 cm³/mol. The third kappa shape index (κ3) is 3.38. The summed E-state index contributed by atoms with van der Waals surface area (Å²) >= 11 is 1.28. The highest BCUT2D eigenvalue weighted by Gasteiger charge is 2.19. The maximum atomic E-state index is 12.7. The number of nitrogens with zero attached hydrogens (tertiary/aromatic N) is 6. The molecule has 0 bridgehead atoms. The van der Waals surface area contributed by atoms with Gasteiger partial charge in [-0.25, -0.2) is 9.67 Å². The van der Waals surface area contributed by atoms with E-state index in [1.54, 1.807) is 4.68 Å².